The zero-order chi connectivity index (χ0) is 25.9. The van der Waals surface area contributed by atoms with Crippen LogP contribution in [-0.2, 0) is 23.6 Å². The van der Waals surface area contributed by atoms with Gasteiger partial charge in [0, 0.05) is 37.8 Å². The van der Waals surface area contributed by atoms with E-state index in [4.69, 9.17) is 9.47 Å². The van der Waals surface area contributed by atoms with Crippen LogP contribution in [0.25, 0.3) is 10.2 Å². The van der Waals surface area contributed by atoms with Crippen molar-refractivity contribution in [2.24, 2.45) is 12.0 Å². The van der Waals surface area contributed by atoms with Gasteiger partial charge in [0.2, 0.25) is 10.0 Å². The van der Waals surface area contributed by atoms with Gasteiger partial charge in [-0.05, 0) is 29.8 Å². The number of aryl methyl sites for hydroxylation is 1. The fourth-order valence-electron chi connectivity index (χ4n) is 3.78. The van der Waals surface area contributed by atoms with Gasteiger partial charge in [0.25, 0.3) is 5.91 Å². The fourth-order valence-corrected chi connectivity index (χ4v) is 6.25. The van der Waals surface area contributed by atoms with Crippen molar-refractivity contribution < 1.29 is 22.7 Å². The Hall–Kier alpha value is -3.47. The summed E-state index contributed by atoms with van der Waals surface area (Å²) in [6.07, 6.45) is 0. The molecule has 0 aliphatic rings. The van der Waals surface area contributed by atoms with Crippen LogP contribution in [-0.4, -0.2) is 44.0 Å². The zero-order valence-corrected chi connectivity index (χ0v) is 22.1. The average Bonchev–Trinajstić information content (AvgIpc) is 3.20. The van der Waals surface area contributed by atoms with Gasteiger partial charge in [-0.15, -0.1) is 0 Å². The number of carbonyl (C=O) groups is 1. The molecule has 8 nitrogen and oxygen atoms in total. The lowest BCUT2D eigenvalue weighted by Crippen LogP contribution is -2.30. The summed E-state index contributed by atoms with van der Waals surface area (Å²) in [5.41, 5.74) is 2.05. The van der Waals surface area contributed by atoms with Crippen molar-refractivity contribution >= 4 is 37.5 Å². The number of aromatic nitrogens is 1. The minimum absolute atomic E-state index is 0.128. The van der Waals surface area contributed by atoms with Crippen LogP contribution in [0.1, 0.15) is 22.8 Å². The second kappa shape index (κ2) is 10.7. The molecule has 4 rings (SSSR count). The van der Waals surface area contributed by atoms with Crippen LogP contribution in [0.4, 0.5) is 0 Å². The van der Waals surface area contributed by atoms with E-state index in [-0.39, 0.29) is 11.4 Å². The molecule has 0 bridgehead atoms. The van der Waals surface area contributed by atoms with Gasteiger partial charge in [-0.3, -0.25) is 4.79 Å². The van der Waals surface area contributed by atoms with E-state index in [0.29, 0.717) is 28.4 Å². The SMILES string of the molecule is CCN(Cc1ccccc1)S(=O)(=O)c1ccc(C(=O)N=c2sc3cc(OC)c(OC)cc3n2C)cc1. The van der Waals surface area contributed by atoms with Gasteiger partial charge in [-0.1, -0.05) is 48.6 Å². The van der Waals surface area contributed by atoms with Crippen molar-refractivity contribution in [1.29, 1.82) is 0 Å². The first kappa shape index (κ1) is 25.6. The largest absolute Gasteiger partial charge is 0.493 e. The van der Waals surface area contributed by atoms with E-state index < -0.39 is 15.9 Å². The van der Waals surface area contributed by atoms with Crippen LogP contribution >= 0.6 is 11.3 Å². The monoisotopic (exact) mass is 525 g/mol. The van der Waals surface area contributed by atoms with Crippen LogP contribution in [0.2, 0.25) is 0 Å². The van der Waals surface area contributed by atoms with Crippen molar-refractivity contribution in [2.75, 3.05) is 20.8 Å². The molecule has 1 amide bonds. The molecular weight excluding hydrogens is 498 g/mol. The first-order valence-corrected chi connectivity index (χ1v) is 13.5. The highest BCUT2D eigenvalue weighted by Gasteiger charge is 2.23. The number of hydrogen-bond donors (Lipinski definition) is 0. The lowest BCUT2D eigenvalue weighted by molar-refractivity contribution is 0.0998. The quantitative estimate of drug-likeness (QED) is 0.344. The van der Waals surface area contributed by atoms with Crippen LogP contribution < -0.4 is 14.3 Å². The maximum Gasteiger partial charge on any atom is 0.279 e. The smallest absolute Gasteiger partial charge is 0.279 e. The molecule has 0 spiro atoms. The molecule has 188 valence electrons. The summed E-state index contributed by atoms with van der Waals surface area (Å²) in [6, 6.07) is 19.0. The molecule has 0 saturated heterocycles. The first-order valence-electron chi connectivity index (χ1n) is 11.2. The number of fused-ring (bicyclic) bond motifs is 1. The molecular formula is C26H27N3O5S2. The molecule has 0 saturated carbocycles. The van der Waals surface area contributed by atoms with Gasteiger partial charge in [0.05, 0.1) is 29.3 Å². The van der Waals surface area contributed by atoms with Crippen LogP contribution in [0, 0.1) is 0 Å². The van der Waals surface area contributed by atoms with E-state index in [2.05, 4.69) is 4.99 Å². The number of benzene rings is 3. The van der Waals surface area contributed by atoms with Gasteiger partial charge in [-0.25, -0.2) is 8.42 Å². The van der Waals surface area contributed by atoms with Crippen LogP contribution in [0.3, 0.4) is 0 Å². The molecule has 0 radical (unpaired) electrons. The van der Waals surface area contributed by atoms with E-state index in [1.165, 1.54) is 39.9 Å². The summed E-state index contributed by atoms with van der Waals surface area (Å²) in [4.78, 5) is 17.8. The third-order valence-electron chi connectivity index (χ3n) is 5.81. The number of methoxy groups -OCH3 is 2. The van der Waals surface area contributed by atoms with Gasteiger partial charge in [-0.2, -0.15) is 9.30 Å². The summed E-state index contributed by atoms with van der Waals surface area (Å²) in [6.45, 7) is 2.40. The lowest BCUT2D eigenvalue weighted by Gasteiger charge is -2.20. The molecule has 0 aliphatic heterocycles. The summed E-state index contributed by atoms with van der Waals surface area (Å²) in [5, 5.41) is 0. The standard InChI is InChI=1S/C26H27N3O5S2/c1-5-29(17-18-9-7-6-8-10-18)36(31,32)20-13-11-19(12-14-20)25(30)27-26-28(2)21-15-22(33-3)23(34-4)16-24(21)35-26/h6-16H,5,17H2,1-4H3. The molecule has 4 aromatic rings. The Morgan fingerprint density at radius 1 is 1.00 bits per heavy atom. The minimum atomic E-state index is -3.72. The molecule has 0 atom stereocenters. The normalized spacial score (nSPS) is 12.3. The predicted octanol–water partition coefficient (Wildman–Crippen LogP) is 4.21. The number of nitrogens with zero attached hydrogens (tertiary/aromatic N) is 3. The summed E-state index contributed by atoms with van der Waals surface area (Å²) >= 11 is 1.35. The molecule has 36 heavy (non-hydrogen) atoms. The Labute approximate surface area is 214 Å². The third kappa shape index (κ3) is 5.06. The van der Waals surface area contributed by atoms with Crippen molar-refractivity contribution in [3.63, 3.8) is 0 Å². The van der Waals surface area contributed by atoms with Crippen molar-refractivity contribution in [2.45, 2.75) is 18.4 Å². The minimum Gasteiger partial charge on any atom is -0.493 e. The van der Waals surface area contributed by atoms with Crippen molar-refractivity contribution in [1.82, 2.24) is 8.87 Å². The van der Waals surface area contributed by atoms with Crippen LogP contribution in [0.5, 0.6) is 11.5 Å². The van der Waals surface area contributed by atoms with E-state index >= 15 is 0 Å². The average molecular weight is 526 g/mol. The Kier molecular flexibility index (Phi) is 7.58. The third-order valence-corrected chi connectivity index (χ3v) is 8.83. The Bertz CT molecular complexity index is 1560. The highest BCUT2D eigenvalue weighted by atomic mass is 32.2. The fraction of sp³-hybridized carbons (Fsp3) is 0.231. The highest BCUT2D eigenvalue weighted by Crippen LogP contribution is 2.33. The Morgan fingerprint density at radius 3 is 2.25 bits per heavy atom. The summed E-state index contributed by atoms with van der Waals surface area (Å²) in [5.74, 6) is 0.716. The van der Waals surface area contributed by atoms with E-state index in [9.17, 15) is 13.2 Å². The van der Waals surface area contributed by atoms with Gasteiger partial charge in [0.15, 0.2) is 16.3 Å². The van der Waals surface area contributed by atoms with Gasteiger partial charge >= 0.3 is 0 Å². The number of thiazole rings is 1. The molecule has 1 heterocycles. The maximum absolute atomic E-state index is 13.2. The van der Waals surface area contributed by atoms with Crippen LogP contribution in [0.15, 0.2) is 76.6 Å². The Balaban J connectivity index is 1.61. The predicted molar refractivity (Wildman–Crippen MR) is 140 cm³/mol. The molecule has 1 aromatic heterocycles. The van der Waals surface area contributed by atoms with Crippen molar-refractivity contribution in [3.05, 3.63) is 82.7 Å². The number of ether oxygens (including phenoxy) is 2. The molecule has 0 N–H and O–H groups in total. The lowest BCUT2D eigenvalue weighted by atomic mass is 10.2. The molecule has 0 fully saturated rings. The first-order chi connectivity index (χ1) is 17.3. The number of sulfonamides is 1. The zero-order valence-electron chi connectivity index (χ0n) is 20.5. The van der Waals surface area contributed by atoms with Crippen molar-refractivity contribution in [3.8, 4) is 11.5 Å². The second-order valence-corrected chi connectivity index (χ2v) is 10.9. The number of amides is 1. The number of carbonyl (C=O) groups excluding carboxylic acids is 1. The maximum atomic E-state index is 13.2. The van der Waals surface area contributed by atoms with E-state index in [0.717, 1.165) is 15.8 Å². The van der Waals surface area contributed by atoms with Gasteiger partial charge in [0.1, 0.15) is 0 Å². The topological polar surface area (TPSA) is 90.2 Å². The van der Waals surface area contributed by atoms with Gasteiger partial charge < -0.3 is 14.0 Å². The molecule has 3 aromatic carbocycles. The summed E-state index contributed by atoms with van der Waals surface area (Å²) < 4.78 is 41.2. The number of hydrogen-bond acceptors (Lipinski definition) is 6. The number of rotatable bonds is 8. The second-order valence-electron chi connectivity index (χ2n) is 7.98. The molecule has 10 heteroatoms. The van der Waals surface area contributed by atoms with E-state index in [1.807, 2.05) is 49.5 Å². The highest BCUT2D eigenvalue weighted by molar-refractivity contribution is 7.89. The summed E-state index contributed by atoms with van der Waals surface area (Å²) in [7, 11) is 1.23. The molecule has 0 aliphatic carbocycles. The molecule has 0 unspecified atom stereocenters. The Morgan fingerprint density at radius 2 is 1.64 bits per heavy atom. The van der Waals surface area contributed by atoms with E-state index in [1.54, 1.807) is 25.7 Å².